The van der Waals surface area contributed by atoms with E-state index in [0.29, 0.717) is 0 Å². The van der Waals surface area contributed by atoms with Gasteiger partial charge in [0, 0.05) is 0 Å². The molecule has 92 valence electrons. The van der Waals surface area contributed by atoms with E-state index < -0.39 is 0 Å². The smallest absolute Gasteiger partial charge is 0.119 e. The normalized spacial score (nSPS) is 9.47. The third-order valence-electron chi connectivity index (χ3n) is 2.24. The number of ether oxygens (including phenoxy) is 1. The molecule has 17 heavy (non-hydrogen) atoms. The summed E-state index contributed by atoms with van der Waals surface area (Å²) in [7, 11) is 1.68. The van der Waals surface area contributed by atoms with Crippen LogP contribution in [0.15, 0.2) is 24.3 Å². The number of rotatable bonds is 2. The van der Waals surface area contributed by atoms with Gasteiger partial charge in [-0.15, -0.1) is 11.3 Å². The molecular formula is C14H19NOS. The molecule has 2 nitrogen and oxygen atoms in total. The SMILES string of the molecule is CC.COc1cccc(-c2sc(C)nc2C)c1. The van der Waals surface area contributed by atoms with Crippen molar-refractivity contribution in [2.24, 2.45) is 0 Å². The van der Waals surface area contributed by atoms with Gasteiger partial charge in [-0.3, -0.25) is 0 Å². The zero-order valence-corrected chi connectivity index (χ0v) is 11.9. The summed E-state index contributed by atoms with van der Waals surface area (Å²) < 4.78 is 5.21. The second-order valence-electron chi connectivity index (χ2n) is 3.38. The highest BCUT2D eigenvalue weighted by molar-refractivity contribution is 7.15. The molecule has 3 heteroatoms. The van der Waals surface area contributed by atoms with Gasteiger partial charge in [0.05, 0.1) is 22.7 Å². The van der Waals surface area contributed by atoms with Crippen LogP contribution in [0, 0.1) is 13.8 Å². The maximum Gasteiger partial charge on any atom is 0.119 e. The summed E-state index contributed by atoms with van der Waals surface area (Å²) in [4.78, 5) is 5.65. The lowest BCUT2D eigenvalue weighted by Gasteiger charge is -2.02. The van der Waals surface area contributed by atoms with E-state index in [1.54, 1.807) is 18.4 Å². The quantitative estimate of drug-likeness (QED) is 0.784. The molecule has 0 bridgehead atoms. The van der Waals surface area contributed by atoms with Crippen LogP contribution in [0.3, 0.4) is 0 Å². The Bertz CT molecular complexity index is 477. The van der Waals surface area contributed by atoms with Crippen LogP contribution in [0.5, 0.6) is 5.75 Å². The molecule has 2 rings (SSSR count). The molecule has 2 aromatic rings. The molecule has 0 radical (unpaired) electrons. The van der Waals surface area contributed by atoms with E-state index in [0.717, 1.165) is 16.5 Å². The molecule has 1 aromatic carbocycles. The van der Waals surface area contributed by atoms with Crippen molar-refractivity contribution < 1.29 is 4.74 Å². The number of thiazole rings is 1. The van der Waals surface area contributed by atoms with Crippen LogP contribution < -0.4 is 4.74 Å². The van der Waals surface area contributed by atoms with Gasteiger partial charge in [-0.2, -0.15) is 0 Å². The number of nitrogens with zero attached hydrogens (tertiary/aromatic N) is 1. The van der Waals surface area contributed by atoms with Crippen molar-refractivity contribution in [3.63, 3.8) is 0 Å². The average Bonchev–Trinajstić information content (AvgIpc) is 2.71. The Balaban J connectivity index is 0.000000686. The average molecular weight is 249 g/mol. The highest BCUT2D eigenvalue weighted by Crippen LogP contribution is 2.31. The zero-order chi connectivity index (χ0) is 12.8. The van der Waals surface area contributed by atoms with Crippen LogP contribution in [0.1, 0.15) is 24.5 Å². The van der Waals surface area contributed by atoms with Gasteiger partial charge >= 0.3 is 0 Å². The Morgan fingerprint density at radius 2 is 1.88 bits per heavy atom. The van der Waals surface area contributed by atoms with Crippen molar-refractivity contribution >= 4 is 11.3 Å². The van der Waals surface area contributed by atoms with Crippen LogP contribution in [-0.4, -0.2) is 12.1 Å². The van der Waals surface area contributed by atoms with Gasteiger partial charge in [0.2, 0.25) is 0 Å². The maximum absolute atomic E-state index is 5.21. The van der Waals surface area contributed by atoms with Crippen LogP contribution in [0.4, 0.5) is 0 Å². The highest BCUT2D eigenvalue weighted by atomic mass is 32.1. The van der Waals surface area contributed by atoms with E-state index in [2.05, 4.69) is 11.1 Å². The van der Waals surface area contributed by atoms with Gasteiger partial charge in [0.25, 0.3) is 0 Å². The molecule has 0 saturated carbocycles. The molecular weight excluding hydrogens is 230 g/mol. The molecule has 0 spiro atoms. The van der Waals surface area contributed by atoms with Gasteiger partial charge < -0.3 is 4.74 Å². The summed E-state index contributed by atoms with van der Waals surface area (Å²) in [6.45, 7) is 8.07. The van der Waals surface area contributed by atoms with Crippen molar-refractivity contribution in [1.29, 1.82) is 0 Å². The Hall–Kier alpha value is -1.35. The zero-order valence-electron chi connectivity index (χ0n) is 11.1. The fourth-order valence-corrected chi connectivity index (χ4v) is 2.48. The number of benzene rings is 1. The van der Waals surface area contributed by atoms with Crippen molar-refractivity contribution in [1.82, 2.24) is 4.98 Å². The third-order valence-corrected chi connectivity index (χ3v) is 3.36. The van der Waals surface area contributed by atoms with Gasteiger partial charge in [-0.25, -0.2) is 4.98 Å². The molecule has 0 atom stereocenters. The molecule has 0 unspecified atom stereocenters. The van der Waals surface area contributed by atoms with E-state index in [9.17, 15) is 0 Å². The number of methoxy groups -OCH3 is 1. The Morgan fingerprint density at radius 1 is 1.18 bits per heavy atom. The van der Waals surface area contributed by atoms with Crippen LogP contribution >= 0.6 is 11.3 Å². The van der Waals surface area contributed by atoms with E-state index in [-0.39, 0.29) is 0 Å². The summed E-state index contributed by atoms with van der Waals surface area (Å²) >= 11 is 1.72. The third kappa shape index (κ3) is 3.30. The Kier molecular flexibility index (Phi) is 5.16. The van der Waals surface area contributed by atoms with E-state index in [1.165, 1.54) is 10.4 Å². The van der Waals surface area contributed by atoms with Gasteiger partial charge in [0.1, 0.15) is 5.75 Å². The first kappa shape index (κ1) is 13.7. The number of aryl methyl sites for hydroxylation is 2. The Morgan fingerprint density at radius 3 is 2.41 bits per heavy atom. The second-order valence-corrected chi connectivity index (χ2v) is 4.58. The van der Waals surface area contributed by atoms with Crippen molar-refractivity contribution in [2.45, 2.75) is 27.7 Å². The van der Waals surface area contributed by atoms with Crippen LogP contribution in [0.2, 0.25) is 0 Å². The summed E-state index contributed by atoms with van der Waals surface area (Å²) in [5.74, 6) is 0.887. The Labute approximate surface area is 107 Å². The molecule has 0 N–H and O–H groups in total. The van der Waals surface area contributed by atoms with Gasteiger partial charge in [-0.05, 0) is 31.5 Å². The number of hydrogen-bond acceptors (Lipinski definition) is 3. The minimum absolute atomic E-state index is 0.887. The molecule has 0 fully saturated rings. The molecule has 0 amide bonds. The van der Waals surface area contributed by atoms with E-state index in [4.69, 9.17) is 4.74 Å². The topological polar surface area (TPSA) is 22.1 Å². The largest absolute Gasteiger partial charge is 0.497 e. The molecule has 0 aliphatic heterocycles. The van der Waals surface area contributed by atoms with E-state index in [1.807, 2.05) is 45.9 Å². The monoisotopic (exact) mass is 249 g/mol. The standard InChI is InChI=1S/C12H13NOS.C2H6/c1-8-12(15-9(2)13-8)10-5-4-6-11(7-10)14-3;1-2/h4-7H,1-3H3;1-2H3. The summed E-state index contributed by atoms with van der Waals surface area (Å²) in [6, 6.07) is 8.08. The number of aromatic nitrogens is 1. The van der Waals surface area contributed by atoms with Gasteiger partial charge in [0.15, 0.2) is 0 Å². The second kappa shape index (κ2) is 6.40. The molecule has 1 heterocycles. The van der Waals surface area contributed by atoms with Crippen LogP contribution in [-0.2, 0) is 0 Å². The molecule has 0 aliphatic carbocycles. The molecule has 0 saturated heterocycles. The fraction of sp³-hybridized carbons (Fsp3) is 0.357. The lowest BCUT2D eigenvalue weighted by atomic mass is 10.1. The molecule has 1 aromatic heterocycles. The van der Waals surface area contributed by atoms with Gasteiger partial charge in [-0.1, -0.05) is 26.0 Å². The van der Waals surface area contributed by atoms with E-state index >= 15 is 0 Å². The van der Waals surface area contributed by atoms with Crippen molar-refractivity contribution in [3.8, 4) is 16.2 Å². The number of hydrogen-bond donors (Lipinski definition) is 0. The lowest BCUT2D eigenvalue weighted by molar-refractivity contribution is 0.415. The van der Waals surface area contributed by atoms with Crippen molar-refractivity contribution in [2.75, 3.05) is 7.11 Å². The fourth-order valence-electron chi connectivity index (χ4n) is 1.56. The first-order valence-corrected chi connectivity index (χ1v) is 6.61. The minimum atomic E-state index is 0.887. The predicted molar refractivity (Wildman–Crippen MR) is 74.9 cm³/mol. The molecule has 0 aliphatic rings. The van der Waals surface area contributed by atoms with Crippen molar-refractivity contribution in [3.05, 3.63) is 35.0 Å². The summed E-state index contributed by atoms with van der Waals surface area (Å²) in [5, 5.41) is 1.10. The summed E-state index contributed by atoms with van der Waals surface area (Å²) in [5.41, 5.74) is 2.27. The lowest BCUT2D eigenvalue weighted by Crippen LogP contribution is -1.83. The summed E-state index contributed by atoms with van der Waals surface area (Å²) in [6.07, 6.45) is 0. The minimum Gasteiger partial charge on any atom is -0.497 e. The highest BCUT2D eigenvalue weighted by Gasteiger charge is 2.07. The predicted octanol–water partition coefficient (Wildman–Crippen LogP) is 4.46. The first-order chi connectivity index (χ1) is 8.20. The first-order valence-electron chi connectivity index (χ1n) is 5.79. The van der Waals surface area contributed by atoms with Crippen LogP contribution in [0.25, 0.3) is 10.4 Å². The maximum atomic E-state index is 5.21.